The van der Waals surface area contributed by atoms with E-state index in [9.17, 15) is 4.79 Å². The lowest BCUT2D eigenvalue weighted by Gasteiger charge is -2.24. The molecule has 0 radical (unpaired) electrons. The predicted octanol–water partition coefficient (Wildman–Crippen LogP) is 0.970. The molecule has 0 aliphatic heterocycles. The highest BCUT2D eigenvalue weighted by Crippen LogP contribution is 2.04. The predicted molar refractivity (Wildman–Crippen MR) is 47.8 cm³/mol. The molecule has 0 fully saturated rings. The van der Waals surface area contributed by atoms with Crippen LogP contribution in [-0.2, 0) is 4.79 Å². The molecule has 1 amide bonds. The number of rotatable bonds is 3. The van der Waals surface area contributed by atoms with Gasteiger partial charge in [-0.1, -0.05) is 5.16 Å². The standard InChI is InChI=1S/C7H13ClN2O2/c1-5(10-12)7(2,3)9-6(11)4-8/h12H,4H2,1-3H3,(H,9,11)/b10-5+. The normalized spacial score (nSPS) is 12.8. The molecule has 0 aliphatic rings. The zero-order valence-electron chi connectivity index (χ0n) is 7.39. The monoisotopic (exact) mass is 192 g/mol. The van der Waals surface area contributed by atoms with Crippen LogP contribution in [0.2, 0.25) is 0 Å². The summed E-state index contributed by atoms with van der Waals surface area (Å²) in [5, 5.41) is 14.1. The number of amides is 1. The van der Waals surface area contributed by atoms with Crippen LogP contribution in [0.5, 0.6) is 0 Å². The molecule has 0 spiro atoms. The third-order valence-corrected chi connectivity index (χ3v) is 1.87. The summed E-state index contributed by atoms with van der Waals surface area (Å²) < 4.78 is 0. The first-order chi connectivity index (χ1) is 5.44. The van der Waals surface area contributed by atoms with Crippen molar-refractivity contribution >= 4 is 23.2 Å². The van der Waals surface area contributed by atoms with Crippen LogP contribution in [0.1, 0.15) is 20.8 Å². The summed E-state index contributed by atoms with van der Waals surface area (Å²) in [6.07, 6.45) is 0. The Balaban J connectivity index is 4.32. The molecular weight excluding hydrogens is 180 g/mol. The minimum absolute atomic E-state index is 0.0951. The summed E-state index contributed by atoms with van der Waals surface area (Å²) in [5.74, 6) is -0.382. The molecule has 0 aromatic rings. The Morgan fingerprint density at radius 2 is 2.17 bits per heavy atom. The van der Waals surface area contributed by atoms with Gasteiger partial charge in [-0.15, -0.1) is 11.6 Å². The number of hydrogen-bond donors (Lipinski definition) is 2. The second-order valence-electron chi connectivity index (χ2n) is 2.99. The Hall–Kier alpha value is -0.770. The molecule has 0 rings (SSSR count). The van der Waals surface area contributed by atoms with E-state index in [1.165, 1.54) is 0 Å². The molecule has 2 N–H and O–H groups in total. The van der Waals surface area contributed by atoms with E-state index in [1.54, 1.807) is 20.8 Å². The zero-order valence-corrected chi connectivity index (χ0v) is 8.14. The van der Waals surface area contributed by atoms with Gasteiger partial charge in [0.1, 0.15) is 5.88 Å². The van der Waals surface area contributed by atoms with Gasteiger partial charge in [-0.3, -0.25) is 4.79 Å². The number of nitrogens with one attached hydrogen (secondary N) is 1. The van der Waals surface area contributed by atoms with Gasteiger partial charge in [-0.25, -0.2) is 0 Å². The molecule has 0 aromatic heterocycles. The Labute approximate surface area is 76.6 Å². The first kappa shape index (κ1) is 11.2. The number of carbonyl (C=O) groups is 1. The summed E-state index contributed by atoms with van der Waals surface area (Å²) in [4.78, 5) is 10.9. The molecule has 0 bridgehead atoms. The van der Waals surface area contributed by atoms with Crippen LogP contribution in [0.25, 0.3) is 0 Å². The second-order valence-corrected chi connectivity index (χ2v) is 3.26. The van der Waals surface area contributed by atoms with Gasteiger partial charge < -0.3 is 10.5 Å². The fraction of sp³-hybridized carbons (Fsp3) is 0.714. The summed E-state index contributed by atoms with van der Waals surface area (Å²) in [7, 11) is 0. The first-order valence-corrected chi connectivity index (χ1v) is 4.03. The number of nitrogens with zero attached hydrogens (tertiary/aromatic N) is 1. The van der Waals surface area contributed by atoms with Crippen molar-refractivity contribution < 1.29 is 10.0 Å². The highest BCUT2D eigenvalue weighted by Gasteiger charge is 2.23. The second kappa shape index (κ2) is 4.30. The van der Waals surface area contributed by atoms with Crippen molar-refractivity contribution in [2.75, 3.05) is 5.88 Å². The number of halogens is 1. The van der Waals surface area contributed by atoms with E-state index >= 15 is 0 Å². The number of hydrogen-bond acceptors (Lipinski definition) is 3. The van der Waals surface area contributed by atoms with Crippen molar-refractivity contribution in [3.05, 3.63) is 0 Å². The molecule has 0 atom stereocenters. The molecule has 12 heavy (non-hydrogen) atoms. The van der Waals surface area contributed by atoms with Crippen LogP contribution in [0, 0.1) is 0 Å². The third kappa shape index (κ3) is 3.09. The van der Waals surface area contributed by atoms with Gasteiger partial charge in [0.2, 0.25) is 5.91 Å². The maximum Gasteiger partial charge on any atom is 0.235 e. The van der Waals surface area contributed by atoms with Gasteiger partial charge in [-0.05, 0) is 20.8 Å². The van der Waals surface area contributed by atoms with Crippen LogP contribution >= 0.6 is 11.6 Å². The van der Waals surface area contributed by atoms with Gasteiger partial charge in [0.25, 0.3) is 0 Å². The molecule has 0 aliphatic carbocycles. The number of oxime groups is 1. The van der Waals surface area contributed by atoms with Crippen molar-refractivity contribution in [2.45, 2.75) is 26.3 Å². The molecule has 0 saturated carbocycles. The van der Waals surface area contributed by atoms with Gasteiger partial charge in [0, 0.05) is 0 Å². The van der Waals surface area contributed by atoms with Gasteiger partial charge in [0.15, 0.2) is 0 Å². The minimum atomic E-state index is -0.652. The van der Waals surface area contributed by atoms with E-state index in [4.69, 9.17) is 16.8 Å². The van der Waals surface area contributed by atoms with Crippen molar-refractivity contribution in [2.24, 2.45) is 5.16 Å². The van der Waals surface area contributed by atoms with Crippen LogP contribution in [0.4, 0.5) is 0 Å². The quantitative estimate of drug-likeness (QED) is 0.303. The highest BCUT2D eigenvalue weighted by atomic mass is 35.5. The topological polar surface area (TPSA) is 61.7 Å². The SMILES string of the molecule is C/C(=N\O)C(C)(C)NC(=O)CCl. The van der Waals surface area contributed by atoms with E-state index in [-0.39, 0.29) is 11.8 Å². The van der Waals surface area contributed by atoms with E-state index in [0.717, 1.165) is 0 Å². The van der Waals surface area contributed by atoms with Crippen LogP contribution < -0.4 is 5.32 Å². The summed E-state index contributed by atoms with van der Waals surface area (Å²) >= 11 is 5.29. The first-order valence-electron chi connectivity index (χ1n) is 3.50. The Morgan fingerprint density at radius 3 is 2.50 bits per heavy atom. The number of carbonyl (C=O) groups excluding carboxylic acids is 1. The Kier molecular flexibility index (Phi) is 4.03. The Morgan fingerprint density at radius 1 is 1.67 bits per heavy atom. The van der Waals surface area contributed by atoms with Gasteiger partial charge in [-0.2, -0.15) is 0 Å². The highest BCUT2D eigenvalue weighted by molar-refractivity contribution is 6.27. The van der Waals surface area contributed by atoms with Crippen molar-refractivity contribution in [1.29, 1.82) is 0 Å². The summed E-state index contributed by atoms with van der Waals surface area (Å²) in [6, 6.07) is 0. The maximum absolute atomic E-state index is 10.9. The van der Waals surface area contributed by atoms with E-state index in [1.807, 2.05) is 0 Å². The van der Waals surface area contributed by atoms with Crippen molar-refractivity contribution in [3.8, 4) is 0 Å². The summed E-state index contributed by atoms with van der Waals surface area (Å²) in [6.45, 7) is 5.08. The molecule has 70 valence electrons. The maximum atomic E-state index is 10.9. The van der Waals surface area contributed by atoms with Crippen molar-refractivity contribution in [1.82, 2.24) is 5.32 Å². The average molecular weight is 193 g/mol. The van der Waals surface area contributed by atoms with E-state index < -0.39 is 5.54 Å². The third-order valence-electron chi connectivity index (χ3n) is 1.63. The molecule has 0 heterocycles. The fourth-order valence-electron chi connectivity index (χ4n) is 0.597. The Bertz CT molecular complexity index is 202. The smallest absolute Gasteiger partial charge is 0.235 e. The lowest BCUT2D eigenvalue weighted by molar-refractivity contribution is -0.119. The molecule has 0 saturated heterocycles. The fourth-order valence-corrected chi connectivity index (χ4v) is 0.664. The zero-order chi connectivity index (χ0) is 9.78. The van der Waals surface area contributed by atoms with E-state index in [2.05, 4.69) is 10.5 Å². The summed E-state index contributed by atoms with van der Waals surface area (Å²) in [5.41, 5.74) is -0.221. The van der Waals surface area contributed by atoms with Gasteiger partial charge >= 0.3 is 0 Å². The van der Waals surface area contributed by atoms with Crippen LogP contribution in [0.15, 0.2) is 5.16 Å². The van der Waals surface area contributed by atoms with Gasteiger partial charge in [0.05, 0.1) is 11.3 Å². The lowest BCUT2D eigenvalue weighted by Crippen LogP contribution is -2.49. The number of alkyl halides is 1. The molecule has 4 nitrogen and oxygen atoms in total. The van der Waals surface area contributed by atoms with Crippen LogP contribution in [0.3, 0.4) is 0 Å². The van der Waals surface area contributed by atoms with Crippen molar-refractivity contribution in [3.63, 3.8) is 0 Å². The van der Waals surface area contributed by atoms with Crippen LogP contribution in [-0.4, -0.2) is 28.2 Å². The molecule has 0 aromatic carbocycles. The average Bonchev–Trinajstić information content (AvgIpc) is 2.02. The molecular formula is C7H13ClN2O2. The molecule has 5 heteroatoms. The molecule has 0 unspecified atom stereocenters. The largest absolute Gasteiger partial charge is 0.411 e. The van der Waals surface area contributed by atoms with E-state index in [0.29, 0.717) is 5.71 Å². The minimum Gasteiger partial charge on any atom is -0.411 e. The lowest BCUT2D eigenvalue weighted by atomic mass is 10.00.